The highest BCUT2D eigenvalue weighted by Gasteiger charge is 2.42. The third kappa shape index (κ3) is 9.27. The van der Waals surface area contributed by atoms with Gasteiger partial charge in [0, 0.05) is 32.7 Å². The first kappa shape index (κ1) is 35.9. The molecule has 268 valence electrons. The Morgan fingerprint density at radius 3 is 2.73 bits per heavy atom. The van der Waals surface area contributed by atoms with Crippen LogP contribution in [0.15, 0.2) is 53.4 Å². The zero-order valence-electron chi connectivity index (χ0n) is 28.1. The Bertz CT molecular complexity index is 1640. The normalized spacial score (nSPS) is 22.8. The van der Waals surface area contributed by atoms with Crippen molar-refractivity contribution in [3.05, 3.63) is 54.1 Å². The number of sulfonamides is 1. The number of aliphatic hydroxyl groups is 1. The number of nitrogens with one attached hydrogen (secondary N) is 3. The third-order valence-electron chi connectivity index (χ3n) is 9.07. The van der Waals surface area contributed by atoms with Crippen molar-refractivity contribution in [2.45, 2.75) is 68.6 Å². The van der Waals surface area contributed by atoms with E-state index in [9.17, 15) is 18.3 Å². The lowest BCUT2D eigenvalue weighted by Crippen LogP contribution is -2.54. The number of hydrogen-bond donors (Lipinski definition) is 4. The number of fused-ring (bicyclic) bond motifs is 2. The molecule has 3 aliphatic rings. The highest BCUT2D eigenvalue weighted by atomic mass is 32.2. The van der Waals surface area contributed by atoms with Crippen molar-refractivity contribution in [1.29, 1.82) is 0 Å². The molecule has 15 heteroatoms. The van der Waals surface area contributed by atoms with Crippen LogP contribution in [0, 0.1) is 5.92 Å². The summed E-state index contributed by atoms with van der Waals surface area (Å²) >= 11 is 1.43. The third-order valence-corrected chi connectivity index (χ3v) is 11.9. The van der Waals surface area contributed by atoms with Crippen LogP contribution in [0.5, 0.6) is 0 Å². The van der Waals surface area contributed by atoms with Gasteiger partial charge < -0.3 is 40.2 Å². The van der Waals surface area contributed by atoms with Gasteiger partial charge in [0.15, 0.2) is 11.4 Å². The fourth-order valence-electron chi connectivity index (χ4n) is 6.57. The van der Waals surface area contributed by atoms with Gasteiger partial charge in [-0.15, -0.1) is 0 Å². The summed E-state index contributed by atoms with van der Waals surface area (Å²) < 4.78 is 47.4. The molecule has 3 saturated heterocycles. The number of morpholine rings is 1. The van der Waals surface area contributed by atoms with Gasteiger partial charge in [0.25, 0.3) is 0 Å². The van der Waals surface area contributed by atoms with E-state index in [-0.39, 0.29) is 43.0 Å². The standard InChI is InChI=1S/C34H48N6O7S2/c1-23(2)20-40(49(43,44)25-10-11-26-30(19-25)48-33(37-26)36-12-16-39-14-6-7-15-39)21-28(41)27(18-24-8-4-3-5-9-24)38-34(42)47-29-22-46-32-31(29)35-13-17-45-32/h3-5,8-11,19,23,27-29,31-32,35,41H,6-7,12-18,20-22H2,1-2H3,(H,36,37)(H,38,42)/t27-,28+,29?,31?,32?/m0/s1. The Balaban J connectivity index is 1.16. The van der Waals surface area contributed by atoms with Crippen molar-refractivity contribution < 1.29 is 32.5 Å². The largest absolute Gasteiger partial charge is 0.442 e. The number of benzene rings is 2. The summed E-state index contributed by atoms with van der Waals surface area (Å²) in [5.74, 6) is -0.0217. The summed E-state index contributed by atoms with van der Waals surface area (Å²) in [6.45, 7) is 9.10. The Morgan fingerprint density at radius 2 is 1.96 bits per heavy atom. The number of carbonyl (C=O) groups excluding carboxylic acids is 1. The van der Waals surface area contributed by atoms with Crippen molar-refractivity contribution in [3.63, 3.8) is 0 Å². The molecule has 1 aromatic heterocycles. The van der Waals surface area contributed by atoms with E-state index in [0.29, 0.717) is 13.2 Å². The van der Waals surface area contributed by atoms with E-state index in [1.54, 1.807) is 18.2 Å². The van der Waals surface area contributed by atoms with E-state index in [1.165, 1.54) is 28.5 Å². The van der Waals surface area contributed by atoms with Gasteiger partial charge in [-0.25, -0.2) is 18.2 Å². The molecule has 6 rings (SSSR count). The van der Waals surface area contributed by atoms with Crippen molar-refractivity contribution in [1.82, 2.24) is 24.8 Å². The number of aliphatic hydroxyl groups excluding tert-OH is 1. The molecule has 0 aliphatic carbocycles. The van der Waals surface area contributed by atoms with Crippen LogP contribution in [0.4, 0.5) is 9.93 Å². The highest BCUT2D eigenvalue weighted by molar-refractivity contribution is 7.89. The number of amides is 1. The van der Waals surface area contributed by atoms with Gasteiger partial charge in [0.2, 0.25) is 10.0 Å². The smallest absolute Gasteiger partial charge is 0.407 e. The first-order valence-electron chi connectivity index (χ1n) is 17.2. The van der Waals surface area contributed by atoms with E-state index >= 15 is 0 Å². The zero-order chi connectivity index (χ0) is 34.4. The van der Waals surface area contributed by atoms with Gasteiger partial charge in [0.05, 0.1) is 46.5 Å². The molecule has 0 spiro atoms. The predicted molar refractivity (Wildman–Crippen MR) is 188 cm³/mol. The number of hydrogen-bond acceptors (Lipinski definition) is 12. The second-order valence-electron chi connectivity index (χ2n) is 13.3. The highest BCUT2D eigenvalue weighted by Crippen LogP contribution is 2.30. The molecule has 4 N–H and O–H groups in total. The van der Waals surface area contributed by atoms with Gasteiger partial charge >= 0.3 is 6.09 Å². The molecule has 0 saturated carbocycles. The van der Waals surface area contributed by atoms with E-state index in [1.807, 2.05) is 44.2 Å². The second-order valence-corrected chi connectivity index (χ2v) is 16.3. The minimum Gasteiger partial charge on any atom is -0.442 e. The molecule has 3 aromatic rings. The van der Waals surface area contributed by atoms with Crippen molar-refractivity contribution >= 4 is 42.8 Å². The van der Waals surface area contributed by atoms with Gasteiger partial charge in [0.1, 0.15) is 6.10 Å². The van der Waals surface area contributed by atoms with Crippen LogP contribution >= 0.6 is 11.3 Å². The molecule has 13 nitrogen and oxygen atoms in total. The van der Waals surface area contributed by atoms with Gasteiger partial charge in [-0.3, -0.25) is 0 Å². The first-order valence-corrected chi connectivity index (χ1v) is 19.4. The summed E-state index contributed by atoms with van der Waals surface area (Å²) in [4.78, 5) is 20.4. The maximum atomic E-state index is 14.2. The lowest BCUT2D eigenvalue weighted by Gasteiger charge is -2.31. The maximum Gasteiger partial charge on any atom is 0.407 e. The van der Waals surface area contributed by atoms with Crippen LogP contribution in [-0.4, -0.2) is 123 Å². The Labute approximate surface area is 292 Å². The van der Waals surface area contributed by atoms with Crippen LogP contribution in [0.2, 0.25) is 0 Å². The molecule has 3 unspecified atom stereocenters. The number of anilines is 1. The minimum atomic E-state index is -4.03. The van der Waals surface area contributed by atoms with E-state index in [4.69, 9.17) is 14.2 Å². The fourth-order valence-corrected chi connectivity index (χ4v) is 9.22. The topological polar surface area (TPSA) is 155 Å². The number of ether oxygens (including phenoxy) is 3. The number of likely N-dealkylation sites (tertiary alicyclic amines) is 1. The molecule has 5 atom stereocenters. The summed E-state index contributed by atoms with van der Waals surface area (Å²) in [5.41, 5.74) is 1.60. The van der Waals surface area contributed by atoms with E-state index < -0.39 is 40.7 Å². The summed E-state index contributed by atoms with van der Waals surface area (Å²) in [6, 6.07) is 13.3. The van der Waals surface area contributed by atoms with E-state index in [0.717, 1.165) is 47.1 Å². The number of nitrogens with zero attached hydrogens (tertiary/aromatic N) is 3. The van der Waals surface area contributed by atoms with Crippen LogP contribution in [0.25, 0.3) is 10.2 Å². The second kappa shape index (κ2) is 16.4. The van der Waals surface area contributed by atoms with E-state index in [2.05, 4.69) is 25.8 Å². The van der Waals surface area contributed by atoms with Crippen molar-refractivity contribution in [2.75, 3.05) is 64.3 Å². The Hall–Kier alpha value is -2.89. The Kier molecular flexibility index (Phi) is 12.0. The molecule has 3 aliphatic heterocycles. The number of thiazole rings is 1. The van der Waals surface area contributed by atoms with Crippen LogP contribution in [0.3, 0.4) is 0 Å². The number of rotatable bonds is 15. The molecule has 1 amide bonds. The molecule has 49 heavy (non-hydrogen) atoms. The molecule has 3 fully saturated rings. The lowest BCUT2D eigenvalue weighted by atomic mass is 10.0. The number of alkyl carbamates (subject to hydrolysis) is 1. The van der Waals surface area contributed by atoms with Crippen LogP contribution in [0.1, 0.15) is 32.3 Å². The monoisotopic (exact) mass is 716 g/mol. The van der Waals surface area contributed by atoms with Crippen LogP contribution in [-0.2, 0) is 30.7 Å². The van der Waals surface area contributed by atoms with Crippen molar-refractivity contribution in [3.8, 4) is 0 Å². The summed E-state index contributed by atoms with van der Waals surface area (Å²) in [5, 5.41) is 21.9. The summed E-state index contributed by atoms with van der Waals surface area (Å²) in [6.07, 6.45) is -0.277. The minimum absolute atomic E-state index is 0.0217. The first-order chi connectivity index (χ1) is 23.7. The van der Waals surface area contributed by atoms with Gasteiger partial charge in [-0.2, -0.15) is 4.31 Å². The predicted octanol–water partition coefficient (Wildman–Crippen LogP) is 2.86. The number of aromatic nitrogens is 1. The van der Waals surface area contributed by atoms with Gasteiger partial charge in [-0.1, -0.05) is 55.5 Å². The number of carbonyl (C=O) groups is 1. The molecule has 0 bridgehead atoms. The molecule has 4 heterocycles. The molecule has 0 radical (unpaired) electrons. The Morgan fingerprint density at radius 1 is 1.16 bits per heavy atom. The molecular formula is C34H48N6O7S2. The van der Waals surface area contributed by atoms with Crippen LogP contribution < -0.4 is 16.0 Å². The van der Waals surface area contributed by atoms with Crippen molar-refractivity contribution in [2.24, 2.45) is 5.92 Å². The quantitative estimate of drug-likeness (QED) is 0.184. The lowest BCUT2D eigenvalue weighted by molar-refractivity contribution is -0.137. The van der Waals surface area contributed by atoms with Gasteiger partial charge in [-0.05, 0) is 62.0 Å². The maximum absolute atomic E-state index is 14.2. The molecule has 2 aromatic carbocycles. The SMILES string of the molecule is CC(C)CN(C[C@@H](O)[C@H](Cc1ccccc1)NC(=O)OC1COC2OCCNC12)S(=O)(=O)c1ccc2nc(NCCN3CCCC3)sc2c1. The fraction of sp³-hybridized carbons (Fsp3) is 0.588. The zero-order valence-corrected chi connectivity index (χ0v) is 29.8. The average Bonchev–Trinajstić information content (AvgIpc) is 3.85. The molecular weight excluding hydrogens is 669 g/mol. The average molecular weight is 717 g/mol. The summed E-state index contributed by atoms with van der Waals surface area (Å²) in [7, 11) is -4.03.